The molecule has 6 nitrogen and oxygen atoms in total. The van der Waals surface area contributed by atoms with E-state index in [4.69, 9.17) is 9.84 Å². The van der Waals surface area contributed by atoms with Crippen molar-refractivity contribution in [1.82, 2.24) is 24.9 Å². The normalized spacial score (nSPS) is 21.4. The molecule has 178 valence electrons. The van der Waals surface area contributed by atoms with Gasteiger partial charge in [0.2, 0.25) is 0 Å². The average molecular weight is 458 g/mol. The fraction of sp³-hybridized carbons (Fsp3) is 0.464. The van der Waals surface area contributed by atoms with Gasteiger partial charge in [-0.3, -0.25) is 9.58 Å². The third-order valence-corrected chi connectivity index (χ3v) is 7.90. The number of benzene rings is 2. The summed E-state index contributed by atoms with van der Waals surface area (Å²) in [5, 5.41) is 8.36. The standard InChI is InChI=1S/C28H35N5O/c1-2-4-26(5-3-1)34-27-8-6-22(7-9-27)28-14-19-33(30-28)24-12-17-31(18-13-24)23-10-15-32(16-11-23)25-20-29-21-25/h1-9,14,19,23-25,29H,10-13,15-18,20-21H2. The molecule has 0 spiro atoms. The van der Waals surface area contributed by atoms with E-state index in [1.807, 2.05) is 42.5 Å². The first-order valence-electron chi connectivity index (χ1n) is 12.9. The summed E-state index contributed by atoms with van der Waals surface area (Å²) in [7, 11) is 0. The fourth-order valence-electron chi connectivity index (χ4n) is 5.68. The Balaban J connectivity index is 1.01. The molecular weight excluding hydrogens is 422 g/mol. The lowest BCUT2D eigenvalue weighted by atomic mass is 9.96. The highest BCUT2D eigenvalue weighted by molar-refractivity contribution is 5.59. The zero-order valence-electron chi connectivity index (χ0n) is 19.9. The molecule has 0 radical (unpaired) electrons. The van der Waals surface area contributed by atoms with Gasteiger partial charge in [0.15, 0.2) is 0 Å². The van der Waals surface area contributed by atoms with Gasteiger partial charge >= 0.3 is 0 Å². The number of aromatic nitrogens is 2. The summed E-state index contributed by atoms with van der Waals surface area (Å²) >= 11 is 0. The molecule has 0 atom stereocenters. The number of likely N-dealkylation sites (tertiary alicyclic amines) is 2. The van der Waals surface area contributed by atoms with Crippen LogP contribution in [0.3, 0.4) is 0 Å². The smallest absolute Gasteiger partial charge is 0.127 e. The first-order valence-corrected chi connectivity index (χ1v) is 12.9. The number of rotatable bonds is 6. The molecule has 4 heterocycles. The van der Waals surface area contributed by atoms with Gasteiger partial charge in [0, 0.05) is 63.1 Å². The van der Waals surface area contributed by atoms with Crippen LogP contribution in [0.2, 0.25) is 0 Å². The quantitative estimate of drug-likeness (QED) is 0.594. The molecule has 6 heteroatoms. The minimum absolute atomic E-state index is 0.506. The van der Waals surface area contributed by atoms with Crippen LogP contribution >= 0.6 is 0 Å². The third-order valence-electron chi connectivity index (χ3n) is 7.90. The molecule has 1 N–H and O–H groups in total. The number of hydrogen-bond acceptors (Lipinski definition) is 5. The number of nitrogens with zero attached hydrogens (tertiary/aromatic N) is 4. The van der Waals surface area contributed by atoms with Gasteiger partial charge in [-0.15, -0.1) is 0 Å². The minimum Gasteiger partial charge on any atom is -0.457 e. The first-order chi connectivity index (χ1) is 16.8. The number of piperidine rings is 2. The van der Waals surface area contributed by atoms with E-state index in [2.05, 4.69) is 44.2 Å². The van der Waals surface area contributed by atoms with Gasteiger partial charge in [-0.05, 0) is 68.1 Å². The summed E-state index contributed by atoms with van der Waals surface area (Å²) in [6, 6.07) is 22.4. The number of hydrogen-bond donors (Lipinski definition) is 1. The molecule has 0 saturated carbocycles. The number of ether oxygens (including phenoxy) is 1. The predicted molar refractivity (Wildman–Crippen MR) is 135 cm³/mol. The van der Waals surface area contributed by atoms with E-state index in [0.717, 1.165) is 34.8 Å². The van der Waals surface area contributed by atoms with Crippen LogP contribution in [-0.4, -0.2) is 70.9 Å². The second-order valence-electron chi connectivity index (χ2n) is 9.97. The zero-order chi connectivity index (χ0) is 22.7. The van der Waals surface area contributed by atoms with Crippen LogP contribution in [-0.2, 0) is 0 Å². The summed E-state index contributed by atoms with van der Waals surface area (Å²) in [4.78, 5) is 5.45. The van der Waals surface area contributed by atoms with E-state index in [9.17, 15) is 0 Å². The summed E-state index contributed by atoms with van der Waals surface area (Å²) in [6.07, 6.45) is 7.21. The second-order valence-corrected chi connectivity index (χ2v) is 9.97. The van der Waals surface area contributed by atoms with Crippen LogP contribution in [0.15, 0.2) is 66.9 Å². The molecule has 6 rings (SSSR count). The maximum absolute atomic E-state index is 5.92. The second kappa shape index (κ2) is 9.90. The Morgan fingerprint density at radius 3 is 1.94 bits per heavy atom. The van der Waals surface area contributed by atoms with Crippen molar-refractivity contribution in [1.29, 1.82) is 0 Å². The van der Waals surface area contributed by atoms with Crippen molar-refractivity contribution in [2.45, 2.75) is 43.8 Å². The van der Waals surface area contributed by atoms with Crippen LogP contribution in [0.25, 0.3) is 11.3 Å². The molecule has 3 aliphatic rings. The molecule has 0 aliphatic carbocycles. The highest BCUT2D eigenvalue weighted by Crippen LogP contribution is 2.29. The topological polar surface area (TPSA) is 45.6 Å². The Hall–Kier alpha value is -2.67. The molecule has 3 aliphatic heterocycles. The van der Waals surface area contributed by atoms with Gasteiger partial charge in [-0.2, -0.15) is 5.10 Å². The van der Waals surface area contributed by atoms with E-state index in [0.29, 0.717) is 6.04 Å². The monoisotopic (exact) mass is 457 g/mol. The van der Waals surface area contributed by atoms with Crippen molar-refractivity contribution in [2.75, 3.05) is 39.3 Å². The lowest BCUT2D eigenvalue weighted by Gasteiger charge is -2.45. The molecule has 2 aromatic carbocycles. The predicted octanol–water partition coefficient (Wildman–Crippen LogP) is 4.42. The van der Waals surface area contributed by atoms with E-state index in [1.54, 1.807) is 0 Å². The highest BCUT2D eigenvalue weighted by Gasteiger charge is 2.32. The van der Waals surface area contributed by atoms with Gasteiger partial charge < -0.3 is 15.0 Å². The highest BCUT2D eigenvalue weighted by atomic mass is 16.5. The lowest BCUT2D eigenvalue weighted by Crippen LogP contribution is -2.60. The summed E-state index contributed by atoms with van der Waals surface area (Å²) < 4.78 is 8.12. The van der Waals surface area contributed by atoms with E-state index < -0.39 is 0 Å². The van der Waals surface area contributed by atoms with Gasteiger partial charge in [0.1, 0.15) is 11.5 Å². The van der Waals surface area contributed by atoms with Gasteiger partial charge in [-0.25, -0.2) is 0 Å². The van der Waals surface area contributed by atoms with Crippen molar-refractivity contribution in [3.05, 3.63) is 66.9 Å². The van der Waals surface area contributed by atoms with Crippen molar-refractivity contribution in [2.24, 2.45) is 0 Å². The van der Waals surface area contributed by atoms with E-state index in [-0.39, 0.29) is 0 Å². The Bertz CT molecular complexity index is 1050. The third kappa shape index (κ3) is 4.76. The van der Waals surface area contributed by atoms with Crippen LogP contribution in [0.1, 0.15) is 31.7 Å². The Labute approximate surface area is 202 Å². The van der Waals surface area contributed by atoms with Crippen molar-refractivity contribution in [3.8, 4) is 22.8 Å². The largest absolute Gasteiger partial charge is 0.457 e. The van der Waals surface area contributed by atoms with Crippen LogP contribution in [0, 0.1) is 0 Å². The molecule has 0 bridgehead atoms. The van der Waals surface area contributed by atoms with Gasteiger partial charge in [0.25, 0.3) is 0 Å². The summed E-state index contributed by atoms with van der Waals surface area (Å²) in [6.45, 7) is 7.31. The van der Waals surface area contributed by atoms with E-state index >= 15 is 0 Å². The van der Waals surface area contributed by atoms with Gasteiger partial charge in [0.05, 0.1) is 11.7 Å². The SMILES string of the molecule is c1ccc(Oc2ccc(-c3ccn(C4CCN(C5CCN(C6CNC6)CC5)CC4)n3)cc2)cc1. The molecule has 0 unspecified atom stereocenters. The van der Waals surface area contributed by atoms with E-state index in [1.165, 1.54) is 65.0 Å². The fourth-order valence-corrected chi connectivity index (χ4v) is 5.68. The minimum atomic E-state index is 0.506. The van der Waals surface area contributed by atoms with Gasteiger partial charge in [-0.1, -0.05) is 18.2 Å². The molecule has 3 saturated heterocycles. The van der Waals surface area contributed by atoms with Crippen LogP contribution in [0.5, 0.6) is 11.5 Å². The first kappa shape index (κ1) is 21.8. The lowest BCUT2D eigenvalue weighted by molar-refractivity contribution is 0.0492. The Kier molecular flexibility index (Phi) is 6.36. The molecule has 34 heavy (non-hydrogen) atoms. The molecule has 1 aromatic heterocycles. The molecule has 3 fully saturated rings. The maximum atomic E-state index is 5.92. The molecule has 3 aromatic rings. The number of para-hydroxylation sites is 1. The molecular formula is C28H35N5O. The van der Waals surface area contributed by atoms with Crippen LogP contribution in [0.4, 0.5) is 0 Å². The van der Waals surface area contributed by atoms with Crippen molar-refractivity contribution in [3.63, 3.8) is 0 Å². The van der Waals surface area contributed by atoms with Crippen LogP contribution < -0.4 is 10.1 Å². The van der Waals surface area contributed by atoms with Crippen molar-refractivity contribution < 1.29 is 4.74 Å². The zero-order valence-corrected chi connectivity index (χ0v) is 19.9. The average Bonchev–Trinajstić information content (AvgIpc) is 3.35. The Morgan fingerprint density at radius 2 is 1.29 bits per heavy atom. The molecule has 0 amide bonds. The van der Waals surface area contributed by atoms with Crippen molar-refractivity contribution >= 4 is 0 Å². The Morgan fingerprint density at radius 1 is 0.676 bits per heavy atom. The number of nitrogens with one attached hydrogen (secondary N) is 1. The summed E-state index contributed by atoms with van der Waals surface area (Å²) in [5.74, 6) is 1.70. The maximum Gasteiger partial charge on any atom is 0.127 e. The summed E-state index contributed by atoms with van der Waals surface area (Å²) in [5.41, 5.74) is 2.16.